The third kappa shape index (κ3) is 4.45. The van der Waals surface area contributed by atoms with Gasteiger partial charge in [0, 0.05) is 11.4 Å². The molecule has 9 heteroatoms. The second kappa shape index (κ2) is 6.78. The molecule has 0 saturated heterocycles. The van der Waals surface area contributed by atoms with Crippen molar-refractivity contribution < 1.29 is 18.0 Å². The summed E-state index contributed by atoms with van der Waals surface area (Å²) >= 11 is 5.66. The van der Waals surface area contributed by atoms with Gasteiger partial charge in [0.25, 0.3) is 0 Å². The largest absolute Gasteiger partial charge is 0.412 e. The fourth-order valence-electron chi connectivity index (χ4n) is 1.81. The number of hydrogen-bond acceptors (Lipinski definition) is 3. The van der Waals surface area contributed by atoms with Crippen molar-refractivity contribution in [3.63, 3.8) is 0 Å². The van der Waals surface area contributed by atoms with Crippen LogP contribution in [0, 0.1) is 0 Å². The number of nitrogens with zero attached hydrogens (tertiary/aromatic N) is 3. The van der Waals surface area contributed by atoms with Crippen LogP contribution in [0.2, 0.25) is 5.02 Å². The minimum absolute atomic E-state index is 0.0778. The summed E-state index contributed by atoms with van der Waals surface area (Å²) in [5, 5.41) is 6.08. The average molecular weight is 333 g/mol. The first kappa shape index (κ1) is 16.3. The van der Waals surface area contributed by atoms with Crippen molar-refractivity contribution >= 4 is 17.5 Å². The molecule has 5 nitrogen and oxygen atoms in total. The van der Waals surface area contributed by atoms with E-state index in [0.717, 1.165) is 0 Å². The van der Waals surface area contributed by atoms with Gasteiger partial charge in [-0.3, -0.25) is 9.48 Å². The molecule has 0 aliphatic rings. The van der Waals surface area contributed by atoms with Crippen molar-refractivity contribution in [1.82, 2.24) is 20.1 Å². The van der Waals surface area contributed by atoms with Gasteiger partial charge in [-0.25, -0.2) is 4.98 Å². The molecule has 1 heterocycles. The van der Waals surface area contributed by atoms with E-state index in [1.54, 1.807) is 0 Å². The molecule has 0 fully saturated rings. The molecule has 0 aliphatic carbocycles. The van der Waals surface area contributed by atoms with Crippen molar-refractivity contribution in [2.75, 3.05) is 0 Å². The van der Waals surface area contributed by atoms with Crippen LogP contribution in [0.5, 0.6) is 0 Å². The van der Waals surface area contributed by atoms with Gasteiger partial charge < -0.3 is 5.32 Å². The SMILES string of the molecule is O=C(CCn1cncn1)NC(c1ccc(Cl)cc1)C(F)(F)F. The van der Waals surface area contributed by atoms with Crippen molar-refractivity contribution in [2.45, 2.75) is 25.2 Å². The van der Waals surface area contributed by atoms with E-state index in [1.807, 2.05) is 5.32 Å². The molecule has 22 heavy (non-hydrogen) atoms. The predicted octanol–water partition coefficient (Wildman–Crippen LogP) is 2.74. The highest BCUT2D eigenvalue weighted by Gasteiger charge is 2.41. The molecule has 1 N–H and O–H groups in total. The Kier molecular flexibility index (Phi) is 5.02. The lowest BCUT2D eigenvalue weighted by molar-refractivity contribution is -0.163. The molecule has 0 spiro atoms. The molecular formula is C13H12ClF3N4O. The number of hydrogen-bond donors (Lipinski definition) is 1. The fourth-order valence-corrected chi connectivity index (χ4v) is 1.93. The average Bonchev–Trinajstić information content (AvgIpc) is 2.96. The maximum absolute atomic E-state index is 13.1. The number of aryl methyl sites for hydroxylation is 1. The Hall–Kier alpha value is -2.09. The topological polar surface area (TPSA) is 59.8 Å². The van der Waals surface area contributed by atoms with Crippen LogP contribution in [-0.2, 0) is 11.3 Å². The van der Waals surface area contributed by atoms with Crippen LogP contribution >= 0.6 is 11.6 Å². The summed E-state index contributed by atoms with van der Waals surface area (Å²) in [6.45, 7) is 0.150. The summed E-state index contributed by atoms with van der Waals surface area (Å²) in [5.41, 5.74) is -0.0778. The van der Waals surface area contributed by atoms with Gasteiger partial charge in [0.05, 0.1) is 6.54 Å². The van der Waals surface area contributed by atoms with Crippen LogP contribution in [0.4, 0.5) is 13.2 Å². The van der Waals surface area contributed by atoms with Gasteiger partial charge in [0.2, 0.25) is 5.91 Å². The Bertz CT molecular complexity index is 613. The van der Waals surface area contributed by atoms with Crippen LogP contribution in [0.3, 0.4) is 0 Å². The number of benzene rings is 1. The van der Waals surface area contributed by atoms with E-state index in [9.17, 15) is 18.0 Å². The highest BCUT2D eigenvalue weighted by atomic mass is 35.5. The molecule has 1 unspecified atom stereocenters. The smallest absolute Gasteiger partial charge is 0.341 e. The summed E-state index contributed by atoms with van der Waals surface area (Å²) in [6.07, 6.45) is -2.07. The highest BCUT2D eigenvalue weighted by molar-refractivity contribution is 6.30. The predicted molar refractivity (Wildman–Crippen MR) is 73.0 cm³/mol. The van der Waals surface area contributed by atoms with Gasteiger partial charge in [0.1, 0.15) is 12.7 Å². The molecule has 0 radical (unpaired) electrons. The highest BCUT2D eigenvalue weighted by Crippen LogP contribution is 2.33. The van der Waals surface area contributed by atoms with Gasteiger partial charge in [-0.15, -0.1) is 0 Å². The lowest BCUT2D eigenvalue weighted by atomic mass is 10.1. The Morgan fingerprint density at radius 1 is 1.32 bits per heavy atom. The Morgan fingerprint density at radius 3 is 2.55 bits per heavy atom. The minimum atomic E-state index is -4.60. The number of amides is 1. The third-order valence-corrected chi connectivity index (χ3v) is 3.12. The molecule has 1 aromatic heterocycles. The maximum Gasteiger partial charge on any atom is 0.412 e. The van der Waals surface area contributed by atoms with Gasteiger partial charge in [0.15, 0.2) is 6.04 Å². The summed E-state index contributed by atoms with van der Waals surface area (Å²) in [6, 6.07) is 3.08. The van der Waals surface area contributed by atoms with E-state index in [-0.39, 0.29) is 18.5 Å². The number of alkyl halides is 3. The number of carbonyl (C=O) groups excluding carboxylic acids is 1. The molecule has 0 saturated carbocycles. The lowest BCUT2D eigenvalue weighted by Crippen LogP contribution is -2.38. The normalized spacial score (nSPS) is 12.9. The molecule has 1 aromatic carbocycles. The zero-order chi connectivity index (χ0) is 16.2. The van der Waals surface area contributed by atoms with Crippen LogP contribution in [0.15, 0.2) is 36.9 Å². The van der Waals surface area contributed by atoms with Gasteiger partial charge in [-0.05, 0) is 17.7 Å². The molecule has 0 aliphatic heterocycles. The van der Waals surface area contributed by atoms with Crippen molar-refractivity contribution in [3.05, 3.63) is 47.5 Å². The number of halogens is 4. The summed E-state index contributed by atoms with van der Waals surface area (Å²) in [5.74, 6) is -0.729. The summed E-state index contributed by atoms with van der Waals surface area (Å²) in [4.78, 5) is 15.4. The molecule has 1 atom stereocenters. The second-order valence-corrected chi connectivity index (χ2v) is 4.94. The van der Waals surface area contributed by atoms with E-state index >= 15 is 0 Å². The number of nitrogens with one attached hydrogen (secondary N) is 1. The molecule has 2 rings (SSSR count). The maximum atomic E-state index is 13.1. The van der Waals surface area contributed by atoms with E-state index in [1.165, 1.54) is 41.6 Å². The Labute approximate surface area is 129 Å². The first-order chi connectivity index (χ1) is 10.4. The Balaban J connectivity index is 2.03. The molecule has 118 valence electrons. The second-order valence-electron chi connectivity index (χ2n) is 4.50. The minimum Gasteiger partial charge on any atom is -0.341 e. The van der Waals surface area contributed by atoms with E-state index in [2.05, 4.69) is 10.1 Å². The fraction of sp³-hybridized carbons (Fsp3) is 0.308. The van der Waals surface area contributed by atoms with Crippen LogP contribution < -0.4 is 5.32 Å². The number of aromatic nitrogens is 3. The first-order valence-electron chi connectivity index (χ1n) is 6.30. The van der Waals surface area contributed by atoms with Crippen molar-refractivity contribution in [2.24, 2.45) is 0 Å². The molecule has 1 amide bonds. The summed E-state index contributed by atoms with van der Waals surface area (Å²) in [7, 11) is 0. The van der Waals surface area contributed by atoms with Crippen LogP contribution in [-0.4, -0.2) is 26.8 Å². The zero-order valence-corrected chi connectivity index (χ0v) is 12.0. The number of carbonyl (C=O) groups is 1. The third-order valence-electron chi connectivity index (χ3n) is 2.87. The molecule has 2 aromatic rings. The van der Waals surface area contributed by atoms with Crippen LogP contribution in [0.1, 0.15) is 18.0 Å². The monoisotopic (exact) mass is 332 g/mol. The van der Waals surface area contributed by atoms with Gasteiger partial charge >= 0.3 is 6.18 Å². The van der Waals surface area contributed by atoms with Gasteiger partial charge in [-0.1, -0.05) is 23.7 Å². The quantitative estimate of drug-likeness (QED) is 0.916. The van der Waals surface area contributed by atoms with E-state index < -0.39 is 18.1 Å². The van der Waals surface area contributed by atoms with E-state index in [4.69, 9.17) is 11.6 Å². The standard InChI is InChI=1S/C13H12ClF3N4O/c14-10-3-1-9(2-4-10)12(13(15,16)17)20-11(22)5-6-21-8-18-7-19-21/h1-4,7-8,12H,5-6H2,(H,20,22). The molecule has 0 bridgehead atoms. The van der Waals surface area contributed by atoms with Gasteiger partial charge in [-0.2, -0.15) is 18.3 Å². The zero-order valence-electron chi connectivity index (χ0n) is 11.2. The van der Waals surface area contributed by atoms with Crippen molar-refractivity contribution in [1.29, 1.82) is 0 Å². The first-order valence-corrected chi connectivity index (χ1v) is 6.68. The molecular weight excluding hydrogens is 321 g/mol. The van der Waals surface area contributed by atoms with Crippen LogP contribution in [0.25, 0.3) is 0 Å². The van der Waals surface area contributed by atoms with Crippen molar-refractivity contribution in [3.8, 4) is 0 Å². The van der Waals surface area contributed by atoms with E-state index in [0.29, 0.717) is 5.02 Å². The summed E-state index contributed by atoms with van der Waals surface area (Å²) < 4.78 is 40.7. The number of rotatable bonds is 5. The lowest BCUT2D eigenvalue weighted by Gasteiger charge is -2.22. The Morgan fingerprint density at radius 2 is 2.00 bits per heavy atom.